The Labute approximate surface area is 231 Å². The van der Waals surface area contributed by atoms with Gasteiger partial charge in [0.15, 0.2) is 11.6 Å². The molecule has 1 aliphatic heterocycles. The lowest BCUT2D eigenvalue weighted by atomic mass is 10.0. The van der Waals surface area contributed by atoms with Crippen LogP contribution in [0.5, 0.6) is 0 Å². The molecule has 3 aromatic heterocycles. The SMILES string of the molecule is CN(NC(=O)c1ccc(Nc2ccc(-c3cncnc3)c(C(F)(F)F)c2)cn1)c1ncc(F)c(N2CCOCC2)n1. The Morgan fingerprint density at radius 3 is 2.41 bits per heavy atom. The first kappa shape index (κ1) is 27.6. The lowest BCUT2D eigenvalue weighted by molar-refractivity contribution is -0.137. The number of alkyl halides is 3. The molecule has 15 heteroatoms. The standard InChI is InChI=1S/C26H23F4N9O2/c1-38(25-34-14-21(27)23(36-25)39-6-8-41-9-7-39)37-24(40)22-5-3-18(13-33-22)35-17-2-4-19(16-11-31-15-32-12-16)20(10-17)26(28,29)30/h2-5,10-15,35H,6-9H2,1H3,(H,37,40). The molecule has 11 nitrogen and oxygen atoms in total. The molecule has 4 aromatic rings. The predicted molar refractivity (Wildman–Crippen MR) is 141 cm³/mol. The number of carbonyl (C=O) groups excluding carboxylic acids is 1. The number of ether oxygens (including phenoxy) is 1. The average molecular weight is 570 g/mol. The number of amides is 1. The Bertz CT molecular complexity index is 1520. The third-order valence-corrected chi connectivity index (χ3v) is 6.07. The van der Waals surface area contributed by atoms with E-state index in [1.807, 2.05) is 0 Å². The van der Waals surface area contributed by atoms with Gasteiger partial charge in [-0.15, -0.1) is 0 Å². The van der Waals surface area contributed by atoms with Crippen LogP contribution in [0, 0.1) is 5.82 Å². The van der Waals surface area contributed by atoms with Gasteiger partial charge in [0.1, 0.15) is 12.0 Å². The number of rotatable bonds is 7. The number of nitrogens with one attached hydrogen (secondary N) is 2. The van der Waals surface area contributed by atoms with Crippen LogP contribution in [0.2, 0.25) is 0 Å². The van der Waals surface area contributed by atoms with E-state index >= 15 is 0 Å². The molecule has 0 saturated carbocycles. The van der Waals surface area contributed by atoms with Crippen LogP contribution in [-0.4, -0.2) is 64.2 Å². The van der Waals surface area contributed by atoms with Gasteiger partial charge in [0, 0.05) is 43.8 Å². The van der Waals surface area contributed by atoms with Crippen LogP contribution in [0.25, 0.3) is 11.1 Å². The minimum Gasteiger partial charge on any atom is -0.378 e. The molecule has 0 unspecified atom stereocenters. The maximum Gasteiger partial charge on any atom is 0.417 e. The van der Waals surface area contributed by atoms with Crippen molar-refractivity contribution in [2.75, 3.05) is 48.6 Å². The molecule has 0 aliphatic carbocycles. The molecule has 5 rings (SSSR count). The van der Waals surface area contributed by atoms with Crippen LogP contribution in [-0.2, 0) is 10.9 Å². The number of pyridine rings is 1. The van der Waals surface area contributed by atoms with Gasteiger partial charge >= 0.3 is 6.18 Å². The highest BCUT2D eigenvalue weighted by molar-refractivity contribution is 5.93. The average Bonchev–Trinajstić information content (AvgIpc) is 2.98. The second-order valence-electron chi connectivity index (χ2n) is 8.88. The van der Waals surface area contributed by atoms with Gasteiger partial charge in [-0.05, 0) is 29.8 Å². The summed E-state index contributed by atoms with van der Waals surface area (Å²) in [5.41, 5.74) is 2.43. The van der Waals surface area contributed by atoms with E-state index in [1.54, 1.807) is 4.90 Å². The molecule has 1 aliphatic rings. The Hall–Kier alpha value is -4.92. The largest absolute Gasteiger partial charge is 0.417 e. The Kier molecular flexibility index (Phi) is 7.87. The molecule has 1 fully saturated rings. The van der Waals surface area contributed by atoms with E-state index in [1.165, 1.54) is 61.2 Å². The number of anilines is 4. The third-order valence-electron chi connectivity index (χ3n) is 6.07. The predicted octanol–water partition coefficient (Wildman–Crippen LogP) is 3.85. The zero-order valence-corrected chi connectivity index (χ0v) is 21.6. The fourth-order valence-corrected chi connectivity index (χ4v) is 4.08. The van der Waals surface area contributed by atoms with Crippen molar-refractivity contribution in [3.63, 3.8) is 0 Å². The molecular formula is C26H23F4N9O2. The third kappa shape index (κ3) is 6.46. The lowest BCUT2D eigenvalue weighted by Crippen LogP contribution is -2.42. The smallest absolute Gasteiger partial charge is 0.378 e. The minimum atomic E-state index is -4.62. The van der Waals surface area contributed by atoms with Gasteiger partial charge < -0.3 is 15.0 Å². The summed E-state index contributed by atoms with van der Waals surface area (Å²) in [6, 6.07) is 6.69. The quantitative estimate of drug-likeness (QED) is 0.251. The summed E-state index contributed by atoms with van der Waals surface area (Å²) in [4.78, 5) is 34.3. The summed E-state index contributed by atoms with van der Waals surface area (Å²) in [5, 5.41) is 4.10. The number of hydrogen-bond acceptors (Lipinski definition) is 10. The molecule has 0 spiro atoms. The zero-order chi connectivity index (χ0) is 29.0. The van der Waals surface area contributed by atoms with Gasteiger partial charge in [-0.3, -0.25) is 15.2 Å². The van der Waals surface area contributed by atoms with Gasteiger partial charge in [0.05, 0.1) is 36.9 Å². The fraction of sp³-hybridized carbons (Fsp3) is 0.231. The highest BCUT2D eigenvalue weighted by Crippen LogP contribution is 2.38. The number of carbonyl (C=O) groups is 1. The van der Waals surface area contributed by atoms with Crippen molar-refractivity contribution in [3.8, 4) is 11.1 Å². The van der Waals surface area contributed by atoms with Gasteiger partial charge in [0.2, 0.25) is 5.95 Å². The van der Waals surface area contributed by atoms with Crippen LogP contribution >= 0.6 is 0 Å². The van der Waals surface area contributed by atoms with Crippen LogP contribution in [0.1, 0.15) is 16.1 Å². The van der Waals surface area contributed by atoms with E-state index in [0.717, 1.165) is 12.3 Å². The number of halogens is 4. The van der Waals surface area contributed by atoms with Crippen molar-refractivity contribution in [2.45, 2.75) is 6.18 Å². The van der Waals surface area contributed by atoms with Crippen molar-refractivity contribution in [3.05, 3.63) is 78.5 Å². The molecular weight excluding hydrogens is 546 g/mol. The molecule has 4 heterocycles. The van der Waals surface area contributed by atoms with Gasteiger partial charge in [-0.1, -0.05) is 6.07 Å². The molecule has 41 heavy (non-hydrogen) atoms. The van der Waals surface area contributed by atoms with Crippen molar-refractivity contribution in [1.29, 1.82) is 0 Å². The summed E-state index contributed by atoms with van der Waals surface area (Å²) in [7, 11) is 1.49. The second kappa shape index (κ2) is 11.7. The van der Waals surface area contributed by atoms with Crippen LogP contribution in [0.15, 0.2) is 61.4 Å². The maximum atomic E-state index is 14.3. The van der Waals surface area contributed by atoms with Crippen molar-refractivity contribution < 1.29 is 27.1 Å². The molecule has 1 saturated heterocycles. The summed E-state index contributed by atoms with van der Waals surface area (Å²) < 4.78 is 61.0. The van der Waals surface area contributed by atoms with E-state index in [0.29, 0.717) is 32.0 Å². The number of hydrazine groups is 1. The van der Waals surface area contributed by atoms with E-state index in [4.69, 9.17) is 4.74 Å². The first-order valence-corrected chi connectivity index (χ1v) is 12.3. The van der Waals surface area contributed by atoms with Crippen molar-refractivity contribution in [1.82, 2.24) is 30.3 Å². The summed E-state index contributed by atoms with van der Waals surface area (Å²) >= 11 is 0. The van der Waals surface area contributed by atoms with Gasteiger partial charge in [-0.2, -0.15) is 18.2 Å². The Morgan fingerprint density at radius 2 is 1.73 bits per heavy atom. The number of morpholine rings is 1. The van der Waals surface area contributed by atoms with Crippen LogP contribution < -0.4 is 20.7 Å². The van der Waals surface area contributed by atoms with E-state index in [9.17, 15) is 22.4 Å². The van der Waals surface area contributed by atoms with Crippen LogP contribution in [0.4, 0.5) is 40.7 Å². The summed E-state index contributed by atoms with van der Waals surface area (Å²) in [6.45, 7) is 1.83. The molecule has 0 bridgehead atoms. The monoisotopic (exact) mass is 569 g/mol. The van der Waals surface area contributed by atoms with E-state index in [2.05, 4.69) is 35.7 Å². The van der Waals surface area contributed by atoms with E-state index in [-0.39, 0.29) is 34.3 Å². The highest BCUT2D eigenvalue weighted by atomic mass is 19.4. The second-order valence-corrected chi connectivity index (χ2v) is 8.88. The minimum absolute atomic E-state index is 0.0216. The molecule has 1 amide bonds. The summed E-state index contributed by atoms with van der Waals surface area (Å²) in [5.74, 6) is -1.03. The Morgan fingerprint density at radius 1 is 1.00 bits per heavy atom. The molecule has 1 aromatic carbocycles. The zero-order valence-electron chi connectivity index (χ0n) is 21.6. The lowest BCUT2D eigenvalue weighted by Gasteiger charge is -2.28. The first-order chi connectivity index (χ1) is 19.7. The normalized spacial score (nSPS) is 13.5. The maximum absolute atomic E-state index is 14.3. The topological polar surface area (TPSA) is 121 Å². The Balaban J connectivity index is 1.27. The number of benzene rings is 1. The molecule has 2 N–H and O–H groups in total. The fourth-order valence-electron chi connectivity index (χ4n) is 4.08. The highest BCUT2D eigenvalue weighted by Gasteiger charge is 2.34. The van der Waals surface area contributed by atoms with Gasteiger partial charge in [0.25, 0.3) is 5.91 Å². The summed E-state index contributed by atoms with van der Waals surface area (Å²) in [6.07, 6.45) is 1.57. The molecule has 212 valence electrons. The van der Waals surface area contributed by atoms with E-state index < -0.39 is 23.5 Å². The van der Waals surface area contributed by atoms with Crippen LogP contribution in [0.3, 0.4) is 0 Å². The molecule has 0 atom stereocenters. The molecule has 0 radical (unpaired) electrons. The van der Waals surface area contributed by atoms with Crippen molar-refractivity contribution in [2.24, 2.45) is 0 Å². The first-order valence-electron chi connectivity index (χ1n) is 12.3. The number of aromatic nitrogens is 5. The number of hydrogen-bond donors (Lipinski definition) is 2. The van der Waals surface area contributed by atoms with Gasteiger partial charge in [-0.25, -0.2) is 24.3 Å². The number of nitrogens with zero attached hydrogens (tertiary/aromatic N) is 7. The van der Waals surface area contributed by atoms with Crippen molar-refractivity contribution >= 4 is 29.0 Å².